The molecular weight excluding hydrogens is 318 g/mol. The molecule has 2 bridgehead atoms. The largest absolute Gasteiger partial charge is 0.491 e. The number of ether oxygens (including phenoxy) is 3. The molecule has 0 saturated carbocycles. The SMILES string of the molecule is CCNC(=NCc1cccc(OCCOC)c1)NC1CC2CCC1O2. The minimum Gasteiger partial charge on any atom is -0.491 e. The number of rotatable bonds is 8. The highest BCUT2D eigenvalue weighted by Crippen LogP contribution is 2.34. The van der Waals surface area contributed by atoms with Gasteiger partial charge in [-0.25, -0.2) is 4.99 Å². The molecule has 1 aromatic carbocycles. The fraction of sp³-hybridized carbons (Fsp3) is 0.632. The van der Waals surface area contributed by atoms with Gasteiger partial charge in [-0.2, -0.15) is 0 Å². The van der Waals surface area contributed by atoms with Gasteiger partial charge in [0.1, 0.15) is 12.4 Å². The quantitative estimate of drug-likeness (QED) is 0.428. The molecule has 0 spiro atoms. The molecule has 2 aliphatic heterocycles. The Kier molecular flexibility index (Phi) is 6.53. The Bertz CT molecular complexity index is 579. The molecule has 0 amide bonds. The minimum atomic E-state index is 0.339. The number of methoxy groups -OCH3 is 1. The van der Waals surface area contributed by atoms with E-state index in [4.69, 9.17) is 19.2 Å². The fourth-order valence-corrected chi connectivity index (χ4v) is 3.43. The highest BCUT2D eigenvalue weighted by Gasteiger charge is 2.41. The van der Waals surface area contributed by atoms with Crippen molar-refractivity contribution in [2.24, 2.45) is 4.99 Å². The van der Waals surface area contributed by atoms with E-state index in [9.17, 15) is 0 Å². The van der Waals surface area contributed by atoms with Gasteiger partial charge in [0.2, 0.25) is 0 Å². The highest BCUT2D eigenvalue weighted by molar-refractivity contribution is 5.80. The number of hydrogen-bond acceptors (Lipinski definition) is 4. The second kappa shape index (κ2) is 9.06. The van der Waals surface area contributed by atoms with Crippen molar-refractivity contribution in [3.63, 3.8) is 0 Å². The summed E-state index contributed by atoms with van der Waals surface area (Å²) in [6.45, 7) is 4.67. The van der Waals surface area contributed by atoms with Crippen LogP contribution in [0.5, 0.6) is 5.75 Å². The predicted octanol–water partition coefficient (Wildman–Crippen LogP) is 2.09. The van der Waals surface area contributed by atoms with Crippen molar-refractivity contribution < 1.29 is 14.2 Å². The number of benzene rings is 1. The van der Waals surface area contributed by atoms with E-state index >= 15 is 0 Å². The first-order valence-corrected chi connectivity index (χ1v) is 9.19. The summed E-state index contributed by atoms with van der Waals surface area (Å²) in [6.07, 6.45) is 4.21. The molecule has 2 N–H and O–H groups in total. The van der Waals surface area contributed by atoms with Crippen molar-refractivity contribution in [2.45, 2.75) is 51.0 Å². The first kappa shape index (κ1) is 18.0. The third-order valence-electron chi connectivity index (χ3n) is 4.65. The van der Waals surface area contributed by atoms with Crippen LogP contribution in [0.25, 0.3) is 0 Å². The summed E-state index contributed by atoms with van der Waals surface area (Å²) < 4.78 is 16.6. The van der Waals surface area contributed by atoms with Gasteiger partial charge in [-0.1, -0.05) is 12.1 Å². The number of guanidine groups is 1. The van der Waals surface area contributed by atoms with Crippen LogP contribution in [0.15, 0.2) is 29.3 Å². The molecule has 138 valence electrons. The summed E-state index contributed by atoms with van der Waals surface area (Å²) in [7, 11) is 1.67. The Morgan fingerprint density at radius 3 is 2.96 bits per heavy atom. The molecule has 3 unspecified atom stereocenters. The first-order chi connectivity index (χ1) is 12.3. The lowest BCUT2D eigenvalue weighted by atomic mass is 9.96. The van der Waals surface area contributed by atoms with Crippen molar-refractivity contribution >= 4 is 5.96 Å². The van der Waals surface area contributed by atoms with Crippen LogP contribution in [0.4, 0.5) is 0 Å². The average Bonchev–Trinajstić information content (AvgIpc) is 3.23. The summed E-state index contributed by atoms with van der Waals surface area (Å²) in [5.41, 5.74) is 1.12. The van der Waals surface area contributed by atoms with E-state index in [1.165, 1.54) is 6.42 Å². The molecule has 3 rings (SSSR count). The summed E-state index contributed by atoms with van der Waals surface area (Å²) >= 11 is 0. The number of aliphatic imine (C=N–C) groups is 1. The molecule has 6 nitrogen and oxygen atoms in total. The maximum Gasteiger partial charge on any atom is 0.191 e. The summed E-state index contributed by atoms with van der Waals surface area (Å²) in [6, 6.07) is 8.43. The molecule has 25 heavy (non-hydrogen) atoms. The molecule has 0 aliphatic carbocycles. The molecule has 0 aromatic heterocycles. The van der Waals surface area contributed by atoms with Gasteiger partial charge in [0.05, 0.1) is 31.4 Å². The van der Waals surface area contributed by atoms with Gasteiger partial charge in [-0.3, -0.25) is 0 Å². The summed E-state index contributed by atoms with van der Waals surface area (Å²) in [5, 5.41) is 6.87. The van der Waals surface area contributed by atoms with Crippen molar-refractivity contribution in [1.29, 1.82) is 0 Å². The molecule has 2 aliphatic rings. The zero-order chi connectivity index (χ0) is 17.5. The van der Waals surface area contributed by atoms with E-state index < -0.39 is 0 Å². The molecule has 1 aromatic rings. The maximum absolute atomic E-state index is 5.92. The van der Waals surface area contributed by atoms with Crippen LogP contribution in [-0.2, 0) is 16.0 Å². The summed E-state index contributed by atoms with van der Waals surface area (Å²) in [4.78, 5) is 4.73. The average molecular weight is 347 g/mol. The van der Waals surface area contributed by atoms with Gasteiger partial charge in [-0.05, 0) is 43.9 Å². The molecule has 0 radical (unpaired) electrons. The number of fused-ring (bicyclic) bond motifs is 2. The molecule has 3 atom stereocenters. The van der Waals surface area contributed by atoms with Crippen molar-refractivity contribution in [3.8, 4) is 5.75 Å². The Balaban J connectivity index is 1.56. The van der Waals surface area contributed by atoms with Crippen molar-refractivity contribution in [2.75, 3.05) is 26.9 Å². The van der Waals surface area contributed by atoms with Gasteiger partial charge >= 0.3 is 0 Å². The number of hydrogen-bond donors (Lipinski definition) is 2. The van der Waals surface area contributed by atoms with Crippen LogP contribution in [-0.4, -0.2) is 51.1 Å². The molecule has 2 saturated heterocycles. The minimum absolute atomic E-state index is 0.339. The lowest BCUT2D eigenvalue weighted by molar-refractivity contribution is 0.0992. The van der Waals surface area contributed by atoms with Gasteiger partial charge in [0.15, 0.2) is 5.96 Å². The summed E-state index contributed by atoms with van der Waals surface area (Å²) in [5.74, 6) is 1.71. The molecule has 2 fully saturated rings. The van der Waals surface area contributed by atoms with Crippen LogP contribution < -0.4 is 15.4 Å². The van der Waals surface area contributed by atoms with Crippen LogP contribution >= 0.6 is 0 Å². The lowest BCUT2D eigenvalue weighted by Gasteiger charge is -2.22. The van der Waals surface area contributed by atoms with E-state index in [1.807, 2.05) is 18.2 Å². The third kappa shape index (κ3) is 5.09. The lowest BCUT2D eigenvalue weighted by Crippen LogP contribution is -2.47. The van der Waals surface area contributed by atoms with Gasteiger partial charge in [0.25, 0.3) is 0 Å². The van der Waals surface area contributed by atoms with E-state index in [2.05, 4.69) is 23.6 Å². The van der Waals surface area contributed by atoms with Crippen LogP contribution in [0.1, 0.15) is 31.7 Å². The fourth-order valence-electron chi connectivity index (χ4n) is 3.43. The zero-order valence-electron chi connectivity index (χ0n) is 15.2. The first-order valence-electron chi connectivity index (χ1n) is 9.19. The Labute approximate surface area is 149 Å². The maximum atomic E-state index is 5.92. The smallest absolute Gasteiger partial charge is 0.191 e. The highest BCUT2D eigenvalue weighted by atomic mass is 16.5. The third-order valence-corrected chi connectivity index (χ3v) is 4.65. The normalized spacial score (nSPS) is 25.2. The Morgan fingerprint density at radius 1 is 1.32 bits per heavy atom. The second-order valence-corrected chi connectivity index (χ2v) is 6.54. The Hall–Kier alpha value is -1.79. The second-order valence-electron chi connectivity index (χ2n) is 6.54. The van der Waals surface area contributed by atoms with E-state index in [0.29, 0.717) is 38.0 Å². The van der Waals surface area contributed by atoms with Crippen molar-refractivity contribution in [1.82, 2.24) is 10.6 Å². The van der Waals surface area contributed by atoms with Gasteiger partial charge < -0.3 is 24.8 Å². The molecular formula is C19H29N3O3. The standard InChI is InChI=1S/C19H29N3O3/c1-3-20-19(22-17-12-16-7-8-18(17)25-16)21-13-14-5-4-6-15(11-14)24-10-9-23-2/h4-6,11,16-18H,3,7-10,12-13H2,1-2H3,(H2,20,21,22). The zero-order valence-corrected chi connectivity index (χ0v) is 15.2. The monoisotopic (exact) mass is 347 g/mol. The Morgan fingerprint density at radius 2 is 2.24 bits per heavy atom. The van der Waals surface area contributed by atoms with Crippen LogP contribution in [0, 0.1) is 0 Å². The number of nitrogens with zero attached hydrogens (tertiary/aromatic N) is 1. The van der Waals surface area contributed by atoms with E-state index in [0.717, 1.165) is 36.7 Å². The topological polar surface area (TPSA) is 64.1 Å². The van der Waals surface area contributed by atoms with Crippen LogP contribution in [0.2, 0.25) is 0 Å². The van der Waals surface area contributed by atoms with Crippen LogP contribution in [0.3, 0.4) is 0 Å². The predicted molar refractivity (Wildman–Crippen MR) is 98.1 cm³/mol. The van der Waals surface area contributed by atoms with Gasteiger partial charge in [-0.15, -0.1) is 0 Å². The van der Waals surface area contributed by atoms with Gasteiger partial charge in [0, 0.05) is 13.7 Å². The van der Waals surface area contributed by atoms with E-state index in [1.54, 1.807) is 7.11 Å². The molecule has 2 heterocycles. The van der Waals surface area contributed by atoms with E-state index in [-0.39, 0.29) is 0 Å². The molecule has 6 heteroatoms. The van der Waals surface area contributed by atoms with Crippen molar-refractivity contribution in [3.05, 3.63) is 29.8 Å². The number of nitrogens with one attached hydrogen (secondary N) is 2.